The Kier molecular flexibility index (Phi) is 4.04. The number of rotatable bonds is 0. The zero-order chi connectivity index (χ0) is 11.4. The van der Waals surface area contributed by atoms with Crippen molar-refractivity contribution in [1.29, 1.82) is 0 Å². The Morgan fingerprint density at radius 2 is 1.56 bits per heavy atom. The molecule has 2 rings (SSSR count). The quantitative estimate of drug-likeness (QED) is 0.677. The van der Waals surface area contributed by atoms with Gasteiger partial charge in [-0.3, -0.25) is 0 Å². The zero-order valence-electron chi connectivity index (χ0n) is 10.0. The molecule has 0 bridgehead atoms. The molecule has 2 fully saturated rings. The first-order chi connectivity index (χ1) is 7.77. The van der Waals surface area contributed by atoms with Crippen LogP contribution in [0.2, 0.25) is 0 Å². The highest BCUT2D eigenvalue weighted by atomic mass is 16.2. The van der Waals surface area contributed by atoms with Crippen LogP contribution in [0.25, 0.3) is 0 Å². The highest BCUT2D eigenvalue weighted by molar-refractivity contribution is 5.74. The predicted octanol–water partition coefficient (Wildman–Crippen LogP) is 1.41. The summed E-state index contributed by atoms with van der Waals surface area (Å²) < 4.78 is 0. The Morgan fingerprint density at radius 1 is 0.938 bits per heavy atom. The Morgan fingerprint density at radius 3 is 2.19 bits per heavy atom. The maximum absolute atomic E-state index is 12.2. The first-order valence-electron chi connectivity index (χ1n) is 6.57. The number of nitrogens with zero attached hydrogens (tertiary/aromatic N) is 2. The lowest BCUT2D eigenvalue weighted by molar-refractivity contribution is 0.140. The summed E-state index contributed by atoms with van der Waals surface area (Å²) in [5, 5.41) is 0. The maximum Gasteiger partial charge on any atom is 0.320 e. The number of nitrogens with two attached hydrogens (primary N) is 1. The van der Waals surface area contributed by atoms with Crippen LogP contribution < -0.4 is 5.73 Å². The standard InChI is InChI=1S/C12H23N3O/c13-11-6-5-9-15(10-11)12(16)14-7-3-1-2-4-8-14/h11H,1-10,13H2. The summed E-state index contributed by atoms with van der Waals surface area (Å²) in [6, 6.07) is 0.404. The van der Waals surface area contributed by atoms with Gasteiger partial charge in [-0.15, -0.1) is 0 Å². The molecule has 2 heterocycles. The molecule has 16 heavy (non-hydrogen) atoms. The van der Waals surface area contributed by atoms with Gasteiger partial charge in [0.15, 0.2) is 0 Å². The van der Waals surface area contributed by atoms with E-state index in [1.165, 1.54) is 12.8 Å². The van der Waals surface area contributed by atoms with Crippen LogP contribution in [0, 0.1) is 0 Å². The first kappa shape index (κ1) is 11.7. The topological polar surface area (TPSA) is 49.6 Å². The van der Waals surface area contributed by atoms with Crippen molar-refractivity contribution in [3.05, 3.63) is 0 Å². The molecule has 0 aromatic heterocycles. The molecule has 0 aromatic rings. The van der Waals surface area contributed by atoms with Crippen LogP contribution in [0.5, 0.6) is 0 Å². The number of likely N-dealkylation sites (tertiary alicyclic amines) is 2. The van der Waals surface area contributed by atoms with E-state index in [9.17, 15) is 4.79 Å². The van der Waals surface area contributed by atoms with Gasteiger partial charge in [-0.25, -0.2) is 4.79 Å². The van der Waals surface area contributed by atoms with E-state index in [1.54, 1.807) is 0 Å². The smallest absolute Gasteiger partial charge is 0.320 e. The fraction of sp³-hybridized carbons (Fsp3) is 0.917. The van der Waals surface area contributed by atoms with E-state index in [0.29, 0.717) is 0 Å². The van der Waals surface area contributed by atoms with Crippen LogP contribution in [-0.2, 0) is 0 Å². The van der Waals surface area contributed by atoms with Crippen molar-refractivity contribution in [2.75, 3.05) is 26.2 Å². The van der Waals surface area contributed by atoms with Gasteiger partial charge in [-0.05, 0) is 25.7 Å². The number of hydrogen-bond acceptors (Lipinski definition) is 2. The summed E-state index contributed by atoms with van der Waals surface area (Å²) in [7, 11) is 0. The molecule has 0 radical (unpaired) electrons. The molecular weight excluding hydrogens is 202 g/mol. The lowest BCUT2D eigenvalue weighted by atomic mass is 10.1. The van der Waals surface area contributed by atoms with Crippen LogP contribution in [0.1, 0.15) is 38.5 Å². The Labute approximate surface area is 97.8 Å². The maximum atomic E-state index is 12.2. The van der Waals surface area contributed by atoms with Crippen molar-refractivity contribution in [2.24, 2.45) is 5.73 Å². The molecule has 92 valence electrons. The summed E-state index contributed by atoms with van der Waals surface area (Å²) >= 11 is 0. The fourth-order valence-electron chi connectivity index (χ4n) is 2.65. The third kappa shape index (κ3) is 2.88. The highest BCUT2D eigenvalue weighted by Crippen LogP contribution is 2.15. The van der Waals surface area contributed by atoms with Gasteiger partial charge >= 0.3 is 6.03 Å². The van der Waals surface area contributed by atoms with E-state index in [1.807, 2.05) is 9.80 Å². The molecule has 0 aromatic carbocycles. The Hall–Kier alpha value is -0.770. The lowest BCUT2D eigenvalue weighted by Gasteiger charge is -2.34. The predicted molar refractivity (Wildman–Crippen MR) is 64.2 cm³/mol. The molecule has 2 aliphatic rings. The van der Waals surface area contributed by atoms with E-state index >= 15 is 0 Å². The average Bonchev–Trinajstić information content (AvgIpc) is 2.56. The third-order valence-corrected chi connectivity index (χ3v) is 3.60. The molecule has 4 heteroatoms. The summed E-state index contributed by atoms with van der Waals surface area (Å²) in [5.41, 5.74) is 5.91. The summed E-state index contributed by atoms with van der Waals surface area (Å²) in [4.78, 5) is 16.2. The van der Waals surface area contributed by atoms with Gasteiger partial charge in [0.05, 0.1) is 0 Å². The number of carbonyl (C=O) groups is 1. The SMILES string of the molecule is NC1CCCN(C(=O)N2CCCCCC2)C1. The Balaban J connectivity index is 1.89. The second kappa shape index (κ2) is 5.53. The van der Waals surface area contributed by atoms with Crippen molar-refractivity contribution in [3.63, 3.8) is 0 Å². The Bertz CT molecular complexity index is 232. The van der Waals surface area contributed by atoms with E-state index < -0.39 is 0 Å². The van der Waals surface area contributed by atoms with E-state index in [4.69, 9.17) is 5.73 Å². The van der Waals surface area contributed by atoms with Crippen LogP contribution in [0.3, 0.4) is 0 Å². The molecule has 1 atom stereocenters. The number of carbonyl (C=O) groups excluding carboxylic acids is 1. The zero-order valence-corrected chi connectivity index (χ0v) is 10.0. The monoisotopic (exact) mass is 225 g/mol. The largest absolute Gasteiger partial charge is 0.326 e. The molecule has 0 spiro atoms. The molecule has 2 amide bonds. The number of urea groups is 1. The molecular formula is C12H23N3O. The average molecular weight is 225 g/mol. The van der Waals surface area contributed by atoms with Crippen LogP contribution in [0.4, 0.5) is 4.79 Å². The minimum atomic E-state index is 0.185. The third-order valence-electron chi connectivity index (χ3n) is 3.60. The van der Waals surface area contributed by atoms with E-state index in [0.717, 1.165) is 51.9 Å². The second-order valence-electron chi connectivity index (χ2n) is 5.03. The van der Waals surface area contributed by atoms with E-state index in [-0.39, 0.29) is 12.1 Å². The van der Waals surface area contributed by atoms with Crippen LogP contribution in [-0.4, -0.2) is 48.1 Å². The minimum Gasteiger partial charge on any atom is -0.326 e. The van der Waals surface area contributed by atoms with Gasteiger partial charge in [-0.2, -0.15) is 0 Å². The van der Waals surface area contributed by atoms with Crippen molar-refractivity contribution >= 4 is 6.03 Å². The highest BCUT2D eigenvalue weighted by Gasteiger charge is 2.25. The van der Waals surface area contributed by atoms with Gasteiger partial charge in [-0.1, -0.05) is 12.8 Å². The van der Waals surface area contributed by atoms with Crippen LogP contribution >= 0.6 is 0 Å². The molecule has 2 aliphatic heterocycles. The van der Waals surface area contributed by atoms with E-state index in [2.05, 4.69) is 0 Å². The van der Waals surface area contributed by atoms with Crippen molar-refractivity contribution in [3.8, 4) is 0 Å². The molecule has 0 saturated carbocycles. The fourth-order valence-corrected chi connectivity index (χ4v) is 2.65. The molecule has 0 aliphatic carbocycles. The summed E-state index contributed by atoms with van der Waals surface area (Å²) in [6.45, 7) is 3.51. The number of piperidine rings is 1. The normalized spacial score (nSPS) is 27.7. The number of amides is 2. The molecule has 2 saturated heterocycles. The van der Waals surface area contributed by atoms with Gasteiger partial charge in [0, 0.05) is 32.2 Å². The van der Waals surface area contributed by atoms with Gasteiger partial charge < -0.3 is 15.5 Å². The molecule has 4 nitrogen and oxygen atoms in total. The van der Waals surface area contributed by atoms with Gasteiger partial charge in [0.1, 0.15) is 0 Å². The molecule has 1 unspecified atom stereocenters. The van der Waals surface area contributed by atoms with Crippen molar-refractivity contribution in [2.45, 2.75) is 44.6 Å². The molecule has 2 N–H and O–H groups in total. The summed E-state index contributed by atoms with van der Waals surface area (Å²) in [6.07, 6.45) is 6.97. The van der Waals surface area contributed by atoms with Crippen molar-refractivity contribution in [1.82, 2.24) is 9.80 Å². The second-order valence-corrected chi connectivity index (χ2v) is 5.03. The lowest BCUT2D eigenvalue weighted by Crippen LogP contribution is -2.51. The van der Waals surface area contributed by atoms with Crippen molar-refractivity contribution < 1.29 is 4.79 Å². The minimum absolute atomic E-state index is 0.185. The summed E-state index contributed by atoms with van der Waals surface area (Å²) in [5.74, 6) is 0. The van der Waals surface area contributed by atoms with Gasteiger partial charge in [0.2, 0.25) is 0 Å². The first-order valence-corrected chi connectivity index (χ1v) is 6.57. The van der Waals surface area contributed by atoms with Crippen LogP contribution in [0.15, 0.2) is 0 Å². The van der Waals surface area contributed by atoms with Gasteiger partial charge in [0.25, 0.3) is 0 Å². The number of hydrogen-bond donors (Lipinski definition) is 1.